The van der Waals surface area contributed by atoms with Gasteiger partial charge < -0.3 is 14.6 Å². The molecule has 3 rings (SSSR count). The molecule has 142 valence electrons. The highest BCUT2D eigenvalue weighted by atomic mass is 16.5. The lowest BCUT2D eigenvalue weighted by Gasteiger charge is -2.06. The molecule has 0 aliphatic heterocycles. The highest BCUT2D eigenvalue weighted by Gasteiger charge is 2.12. The predicted molar refractivity (Wildman–Crippen MR) is 107 cm³/mol. The Hall–Kier alpha value is -3.51. The molecule has 0 bridgehead atoms. The van der Waals surface area contributed by atoms with Gasteiger partial charge in [0.15, 0.2) is 5.82 Å². The number of aromatic carboxylic acids is 1. The Bertz CT molecular complexity index is 971. The lowest BCUT2D eigenvalue weighted by atomic mass is 10.1. The largest absolute Gasteiger partial charge is 0.491 e. The van der Waals surface area contributed by atoms with Gasteiger partial charge >= 0.3 is 5.97 Å². The highest BCUT2D eigenvalue weighted by Crippen LogP contribution is 2.19. The summed E-state index contributed by atoms with van der Waals surface area (Å²) in [5, 5.41) is 9.44. The number of hydrogen-bond acceptors (Lipinski definition) is 5. The van der Waals surface area contributed by atoms with Crippen LogP contribution in [0.3, 0.4) is 0 Å². The van der Waals surface area contributed by atoms with Crippen LogP contribution in [0.5, 0.6) is 5.75 Å². The van der Waals surface area contributed by atoms with Crippen molar-refractivity contribution in [1.29, 1.82) is 0 Å². The Labute approximate surface area is 163 Å². The maximum absolute atomic E-state index is 11.5. The van der Waals surface area contributed by atoms with Gasteiger partial charge in [-0.3, -0.25) is 0 Å². The smallest absolute Gasteiger partial charge is 0.339 e. The van der Waals surface area contributed by atoms with Crippen molar-refractivity contribution in [1.82, 2.24) is 9.97 Å². The monoisotopic (exact) mass is 376 g/mol. The fourth-order valence-electron chi connectivity index (χ4n) is 2.54. The first kappa shape index (κ1) is 19.3. The van der Waals surface area contributed by atoms with Crippen LogP contribution in [0.2, 0.25) is 0 Å². The molecule has 0 aliphatic carbocycles. The first-order valence-electron chi connectivity index (χ1n) is 8.73. The Morgan fingerprint density at radius 1 is 1.07 bits per heavy atom. The molecule has 0 fully saturated rings. The van der Waals surface area contributed by atoms with Crippen LogP contribution in [0.15, 0.2) is 60.8 Å². The summed E-state index contributed by atoms with van der Waals surface area (Å²) >= 11 is 0. The van der Waals surface area contributed by atoms with E-state index >= 15 is 0 Å². The number of aromatic nitrogens is 2. The van der Waals surface area contributed by atoms with E-state index in [-0.39, 0.29) is 5.56 Å². The Kier molecular flexibility index (Phi) is 6.49. The van der Waals surface area contributed by atoms with E-state index in [9.17, 15) is 9.90 Å². The third kappa shape index (κ3) is 5.02. The minimum absolute atomic E-state index is 0.0448. The van der Waals surface area contributed by atoms with Gasteiger partial charge in [0, 0.05) is 18.9 Å². The number of methoxy groups -OCH3 is 1. The summed E-state index contributed by atoms with van der Waals surface area (Å²) in [4.78, 5) is 20.2. The van der Waals surface area contributed by atoms with Crippen molar-refractivity contribution in [3.63, 3.8) is 0 Å². The fraction of sp³-hybridized carbons (Fsp3) is 0.136. The lowest BCUT2D eigenvalue weighted by molar-refractivity contribution is 0.0695. The van der Waals surface area contributed by atoms with E-state index in [4.69, 9.17) is 9.47 Å². The van der Waals surface area contributed by atoms with Crippen molar-refractivity contribution in [2.75, 3.05) is 20.3 Å². The van der Waals surface area contributed by atoms with E-state index in [2.05, 4.69) is 9.97 Å². The molecule has 0 radical (unpaired) electrons. The molecule has 0 aliphatic rings. The van der Waals surface area contributed by atoms with E-state index in [1.54, 1.807) is 19.3 Å². The number of nitrogens with zero attached hydrogens (tertiary/aromatic N) is 2. The first-order chi connectivity index (χ1) is 13.7. The molecule has 0 atom stereocenters. The molecule has 0 saturated heterocycles. The van der Waals surface area contributed by atoms with Gasteiger partial charge in [-0.15, -0.1) is 0 Å². The van der Waals surface area contributed by atoms with Gasteiger partial charge in [-0.2, -0.15) is 0 Å². The zero-order valence-corrected chi connectivity index (χ0v) is 15.4. The third-order valence-electron chi connectivity index (χ3n) is 3.93. The van der Waals surface area contributed by atoms with E-state index in [0.717, 1.165) is 11.1 Å². The van der Waals surface area contributed by atoms with Gasteiger partial charge in [0.25, 0.3) is 0 Å². The third-order valence-corrected chi connectivity index (χ3v) is 3.93. The summed E-state index contributed by atoms with van der Waals surface area (Å²) in [6.45, 7) is 0.963. The summed E-state index contributed by atoms with van der Waals surface area (Å²) in [6.07, 6.45) is 4.81. The highest BCUT2D eigenvalue weighted by molar-refractivity contribution is 5.92. The van der Waals surface area contributed by atoms with Crippen LogP contribution >= 0.6 is 0 Å². The van der Waals surface area contributed by atoms with Gasteiger partial charge in [0.1, 0.15) is 17.9 Å². The van der Waals surface area contributed by atoms with Crippen molar-refractivity contribution in [3.8, 4) is 17.1 Å². The molecule has 1 heterocycles. The van der Waals surface area contributed by atoms with E-state index in [0.29, 0.717) is 30.5 Å². The number of carboxylic acids is 1. The summed E-state index contributed by atoms with van der Waals surface area (Å²) in [5.41, 5.74) is 2.07. The SMILES string of the molecule is COCCOc1cccc(/C=C/c2nc(-c3ccccc3)ncc2C(=O)O)c1. The van der Waals surface area contributed by atoms with E-state index < -0.39 is 5.97 Å². The van der Waals surface area contributed by atoms with Crippen LogP contribution in [0.25, 0.3) is 23.5 Å². The molecule has 0 spiro atoms. The summed E-state index contributed by atoms with van der Waals surface area (Å²) < 4.78 is 10.6. The summed E-state index contributed by atoms with van der Waals surface area (Å²) in [5.74, 6) is 0.114. The molecular weight excluding hydrogens is 356 g/mol. The molecular formula is C22H20N2O4. The normalized spacial score (nSPS) is 10.9. The summed E-state index contributed by atoms with van der Waals surface area (Å²) in [7, 11) is 1.62. The average molecular weight is 376 g/mol. The second kappa shape index (κ2) is 9.43. The molecule has 6 nitrogen and oxygen atoms in total. The van der Waals surface area contributed by atoms with Gasteiger partial charge in [-0.25, -0.2) is 14.8 Å². The van der Waals surface area contributed by atoms with Crippen LogP contribution in [0.4, 0.5) is 0 Å². The molecule has 0 unspecified atom stereocenters. The minimum atomic E-state index is -1.07. The topological polar surface area (TPSA) is 81.5 Å². The van der Waals surface area contributed by atoms with Crippen LogP contribution in [0, 0.1) is 0 Å². The lowest BCUT2D eigenvalue weighted by Crippen LogP contribution is -2.04. The Morgan fingerprint density at radius 2 is 1.89 bits per heavy atom. The van der Waals surface area contributed by atoms with Crippen LogP contribution in [0.1, 0.15) is 21.6 Å². The van der Waals surface area contributed by atoms with Crippen molar-refractivity contribution < 1.29 is 19.4 Å². The Morgan fingerprint density at radius 3 is 2.64 bits per heavy atom. The second-order valence-corrected chi connectivity index (χ2v) is 5.91. The van der Waals surface area contributed by atoms with Gasteiger partial charge in [-0.1, -0.05) is 48.5 Å². The van der Waals surface area contributed by atoms with Gasteiger partial charge in [0.05, 0.1) is 12.3 Å². The molecule has 2 aromatic carbocycles. The van der Waals surface area contributed by atoms with Crippen LogP contribution in [-0.4, -0.2) is 41.4 Å². The number of ether oxygens (including phenoxy) is 2. The van der Waals surface area contributed by atoms with E-state index in [1.165, 1.54) is 6.20 Å². The zero-order valence-electron chi connectivity index (χ0n) is 15.4. The quantitative estimate of drug-likeness (QED) is 0.598. The maximum atomic E-state index is 11.5. The van der Waals surface area contributed by atoms with Crippen LogP contribution in [-0.2, 0) is 4.74 Å². The second-order valence-electron chi connectivity index (χ2n) is 5.91. The van der Waals surface area contributed by atoms with E-state index in [1.807, 2.05) is 54.6 Å². The Balaban J connectivity index is 1.88. The molecule has 1 N–H and O–H groups in total. The van der Waals surface area contributed by atoms with Crippen molar-refractivity contribution >= 4 is 18.1 Å². The predicted octanol–water partition coefficient (Wildman–Crippen LogP) is 4.04. The van der Waals surface area contributed by atoms with Gasteiger partial charge in [-0.05, 0) is 23.8 Å². The number of hydrogen-bond donors (Lipinski definition) is 1. The standard InChI is InChI=1S/C22H20N2O4/c1-27-12-13-28-18-9-5-6-16(14-18)10-11-20-19(22(25)26)15-23-21(24-20)17-7-3-2-4-8-17/h2-11,14-15H,12-13H2,1H3,(H,25,26)/b11-10+. The number of rotatable bonds is 8. The molecule has 28 heavy (non-hydrogen) atoms. The average Bonchev–Trinajstić information content (AvgIpc) is 2.73. The number of benzene rings is 2. The summed E-state index contributed by atoms with van der Waals surface area (Å²) in [6, 6.07) is 16.9. The fourth-order valence-corrected chi connectivity index (χ4v) is 2.54. The minimum Gasteiger partial charge on any atom is -0.491 e. The van der Waals surface area contributed by atoms with Crippen molar-refractivity contribution in [3.05, 3.63) is 77.6 Å². The van der Waals surface area contributed by atoms with Crippen molar-refractivity contribution in [2.24, 2.45) is 0 Å². The molecule has 0 saturated carbocycles. The molecule has 3 aromatic rings. The van der Waals surface area contributed by atoms with Crippen molar-refractivity contribution in [2.45, 2.75) is 0 Å². The number of carbonyl (C=O) groups is 1. The van der Waals surface area contributed by atoms with Crippen LogP contribution < -0.4 is 4.74 Å². The number of carboxylic acid groups (broad SMARTS) is 1. The molecule has 6 heteroatoms. The molecule has 0 amide bonds. The molecule has 1 aromatic heterocycles. The van der Waals surface area contributed by atoms with Gasteiger partial charge in [0.2, 0.25) is 0 Å². The first-order valence-corrected chi connectivity index (χ1v) is 8.73. The maximum Gasteiger partial charge on any atom is 0.339 e. The zero-order chi connectivity index (χ0) is 19.8.